The molecule has 19 heavy (non-hydrogen) atoms. The van der Waals surface area contributed by atoms with Crippen molar-refractivity contribution in [1.29, 1.82) is 0 Å². The molecule has 0 heterocycles. The second-order valence-electron chi connectivity index (χ2n) is 4.82. The van der Waals surface area contributed by atoms with E-state index in [1.54, 1.807) is 11.8 Å². The van der Waals surface area contributed by atoms with Gasteiger partial charge in [0.1, 0.15) is 5.75 Å². The second kappa shape index (κ2) is 6.02. The number of anilines is 1. The molecule has 0 amide bonds. The number of ether oxygens (including phenoxy) is 1. The molecule has 0 radical (unpaired) electrons. The Hall–Kier alpha value is -1.61. The van der Waals surface area contributed by atoms with Crippen molar-refractivity contribution in [1.82, 2.24) is 0 Å². The SMILES string of the molecule is Cc1ccc(Sc2cc(N)cc(OC(C)C)c2)cc1. The summed E-state index contributed by atoms with van der Waals surface area (Å²) in [6.45, 7) is 6.11. The number of nitrogens with two attached hydrogens (primary N) is 1. The van der Waals surface area contributed by atoms with Crippen LogP contribution in [0.25, 0.3) is 0 Å². The normalized spacial score (nSPS) is 10.7. The van der Waals surface area contributed by atoms with E-state index in [2.05, 4.69) is 31.2 Å². The van der Waals surface area contributed by atoms with Crippen LogP contribution in [-0.2, 0) is 0 Å². The van der Waals surface area contributed by atoms with E-state index in [0.29, 0.717) is 0 Å². The lowest BCUT2D eigenvalue weighted by Crippen LogP contribution is -2.05. The highest BCUT2D eigenvalue weighted by Gasteiger charge is 2.04. The Morgan fingerprint density at radius 1 is 1.00 bits per heavy atom. The molecule has 100 valence electrons. The molecule has 0 aliphatic heterocycles. The van der Waals surface area contributed by atoms with Gasteiger partial charge in [0.05, 0.1) is 6.10 Å². The Balaban J connectivity index is 2.19. The van der Waals surface area contributed by atoms with Crippen molar-refractivity contribution in [3.8, 4) is 5.75 Å². The van der Waals surface area contributed by atoms with Gasteiger partial charge in [-0.05, 0) is 45.0 Å². The van der Waals surface area contributed by atoms with Gasteiger partial charge in [0.15, 0.2) is 0 Å². The van der Waals surface area contributed by atoms with Gasteiger partial charge in [0, 0.05) is 21.5 Å². The molecule has 0 saturated carbocycles. The van der Waals surface area contributed by atoms with E-state index in [4.69, 9.17) is 10.5 Å². The maximum atomic E-state index is 5.92. The van der Waals surface area contributed by atoms with E-state index in [0.717, 1.165) is 16.3 Å². The molecule has 2 aromatic carbocycles. The van der Waals surface area contributed by atoms with Crippen LogP contribution >= 0.6 is 11.8 Å². The zero-order valence-corrected chi connectivity index (χ0v) is 12.3. The third-order valence-corrected chi connectivity index (χ3v) is 3.51. The molecule has 0 aliphatic rings. The second-order valence-corrected chi connectivity index (χ2v) is 5.97. The van der Waals surface area contributed by atoms with Gasteiger partial charge in [-0.1, -0.05) is 29.5 Å². The predicted octanol–water partition coefficient (Wildman–Crippen LogP) is 4.52. The number of aryl methyl sites for hydroxylation is 1. The van der Waals surface area contributed by atoms with E-state index in [-0.39, 0.29) is 6.10 Å². The maximum absolute atomic E-state index is 5.92. The topological polar surface area (TPSA) is 35.2 Å². The van der Waals surface area contributed by atoms with Crippen molar-refractivity contribution in [3.63, 3.8) is 0 Å². The Bertz CT molecular complexity index is 549. The summed E-state index contributed by atoms with van der Waals surface area (Å²) < 4.78 is 5.70. The summed E-state index contributed by atoms with van der Waals surface area (Å²) >= 11 is 1.69. The molecule has 0 aliphatic carbocycles. The van der Waals surface area contributed by atoms with Crippen LogP contribution in [0.2, 0.25) is 0 Å². The molecule has 0 aromatic heterocycles. The summed E-state index contributed by atoms with van der Waals surface area (Å²) in [7, 11) is 0. The fourth-order valence-corrected chi connectivity index (χ4v) is 2.65. The lowest BCUT2D eigenvalue weighted by Gasteiger charge is -2.12. The van der Waals surface area contributed by atoms with Crippen molar-refractivity contribution < 1.29 is 4.74 Å². The summed E-state index contributed by atoms with van der Waals surface area (Å²) in [6.07, 6.45) is 0.152. The molecule has 3 heteroatoms. The van der Waals surface area contributed by atoms with Crippen molar-refractivity contribution >= 4 is 17.4 Å². The summed E-state index contributed by atoms with van der Waals surface area (Å²) in [5.74, 6) is 0.824. The zero-order valence-electron chi connectivity index (χ0n) is 11.5. The van der Waals surface area contributed by atoms with E-state index < -0.39 is 0 Å². The smallest absolute Gasteiger partial charge is 0.122 e. The highest BCUT2D eigenvalue weighted by Crippen LogP contribution is 2.32. The average Bonchev–Trinajstić information content (AvgIpc) is 2.30. The summed E-state index contributed by atoms with van der Waals surface area (Å²) in [5, 5.41) is 0. The fraction of sp³-hybridized carbons (Fsp3) is 0.250. The van der Waals surface area contributed by atoms with Gasteiger partial charge in [-0.2, -0.15) is 0 Å². The number of benzene rings is 2. The summed E-state index contributed by atoms with van der Waals surface area (Å²) in [5.41, 5.74) is 7.91. The molecule has 0 bridgehead atoms. The van der Waals surface area contributed by atoms with Crippen LogP contribution in [0.5, 0.6) is 5.75 Å². The highest BCUT2D eigenvalue weighted by molar-refractivity contribution is 7.99. The Labute approximate surface area is 119 Å². The zero-order chi connectivity index (χ0) is 13.8. The highest BCUT2D eigenvalue weighted by atomic mass is 32.2. The molecule has 2 nitrogen and oxygen atoms in total. The maximum Gasteiger partial charge on any atom is 0.122 e. The Morgan fingerprint density at radius 2 is 1.68 bits per heavy atom. The van der Waals surface area contributed by atoms with Gasteiger partial charge < -0.3 is 10.5 Å². The number of hydrogen-bond donors (Lipinski definition) is 1. The van der Waals surface area contributed by atoms with Crippen molar-refractivity contribution in [2.24, 2.45) is 0 Å². The first kappa shape index (κ1) is 13.8. The molecule has 0 unspecified atom stereocenters. The molecule has 0 spiro atoms. The molecule has 2 aromatic rings. The van der Waals surface area contributed by atoms with Gasteiger partial charge in [-0.25, -0.2) is 0 Å². The minimum absolute atomic E-state index is 0.152. The minimum Gasteiger partial charge on any atom is -0.491 e. The van der Waals surface area contributed by atoms with Gasteiger partial charge in [-0.3, -0.25) is 0 Å². The van der Waals surface area contributed by atoms with E-state index in [1.807, 2.05) is 32.0 Å². The standard InChI is InChI=1S/C16H19NOS/c1-11(2)18-14-8-13(17)9-16(10-14)19-15-6-4-12(3)5-7-15/h4-11H,17H2,1-3H3. The van der Waals surface area contributed by atoms with Crippen LogP contribution in [0, 0.1) is 6.92 Å². The lowest BCUT2D eigenvalue weighted by atomic mass is 10.2. The molecule has 2 N–H and O–H groups in total. The van der Waals surface area contributed by atoms with Crippen LogP contribution in [0.1, 0.15) is 19.4 Å². The third-order valence-electron chi connectivity index (χ3n) is 2.53. The van der Waals surface area contributed by atoms with Crippen molar-refractivity contribution in [3.05, 3.63) is 48.0 Å². The largest absolute Gasteiger partial charge is 0.491 e. The third kappa shape index (κ3) is 4.21. The van der Waals surface area contributed by atoms with E-state index in [9.17, 15) is 0 Å². The summed E-state index contributed by atoms with van der Waals surface area (Å²) in [6, 6.07) is 14.3. The lowest BCUT2D eigenvalue weighted by molar-refractivity contribution is 0.242. The van der Waals surface area contributed by atoms with Crippen LogP contribution in [0.15, 0.2) is 52.3 Å². The molecule has 2 rings (SSSR count). The fourth-order valence-electron chi connectivity index (χ4n) is 1.74. The predicted molar refractivity (Wildman–Crippen MR) is 81.9 cm³/mol. The first-order valence-corrected chi connectivity index (χ1v) is 7.16. The first-order chi connectivity index (χ1) is 9.02. The Morgan fingerprint density at radius 3 is 2.32 bits per heavy atom. The van der Waals surface area contributed by atoms with Gasteiger partial charge in [-0.15, -0.1) is 0 Å². The van der Waals surface area contributed by atoms with E-state index in [1.165, 1.54) is 10.5 Å². The average molecular weight is 273 g/mol. The minimum atomic E-state index is 0.152. The van der Waals surface area contributed by atoms with Gasteiger partial charge in [0.2, 0.25) is 0 Å². The van der Waals surface area contributed by atoms with Gasteiger partial charge >= 0.3 is 0 Å². The molecule has 0 atom stereocenters. The van der Waals surface area contributed by atoms with E-state index >= 15 is 0 Å². The summed E-state index contributed by atoms with van der Waals surface area (Å²) in [4.78, 5) is 2.30. The molecule has 0 fully saturated rings. The van der Waals surface area contributed by atoms with Crippen molar-refractivity contribution in [2.45, 2.75) is 36.7 Å². The molecule has 0 saturated heterocycles. The van der Waals surface area contributed by atoms with Crippen LogP contribution < -0.4 is 10.5 Å². The number of nitrogen functional groups attached to an aromatic ring is 1. The van der Waals surface area contributed by atoms with Crippen LogP contribution in [0.4, 0.5) is 5.69 Å². The van der Waals surface area contributed by atoms with Crippen LogP contribution in [0.3, 0.4) is 0 Å². The Kier molecular flexibility index (Phi) is 4.38. The first-order valence-electron chi connectivity index (χ1n) is 6.34. The number of hydrogen-bond acceptors (Lipinski definition) is 3. The molecular formula is C16H19NOS. The number of rotatable bonds is 4. The quantitative estimate of drug-likeness (QED) is 0.832. The van der Waals surface area contributed by atoms with Crippen LogP contribution in [-0.4, -0.2) is 6.10 Å². The van der Waals surface area contributed by atoms with Gasteiger partial charge in [0.25, 0.3) is 0 Å². The van der Waals surface area contributed by atoms with Crippen molar-refractivity contribution in [2.75, 3.05) is 5.73 Å². The monoisotopic (exact) mass is 273 g/mol. The molecular weight excluding hydrogens is 254 g/mol.